The third-order valence-electron chi connectivity index (χ3n) is 7.13. The highest BCUT2D eigenvalue weighted by molar-refractivity contribution is 6.35. The van der Waals surface area contributed by atoms with Gasteiger partial charge in [0.2, 0.25) is 5.89 Å². The molecule has 0 saturated heterocycles. The van der Waals surface area contributed by atoms with Crippen molar-refractivity contribution in [3.63, 3.8) is 0 Å². The second-order valence-electron chi connectivity index (χ2n) is 9.80. The standard InChI is InChI=1S/C29H21Cl4N5O3/c1-15(34-28(39)40)23-24(26-35-36-27(41-26)29(12-13-29)17-4-8-19(31)9-5-17)37-38(22-11-10-20(32)14-21(22)33)25(23)16-2-6-18(30)7-3-16/h2-11,14-15,34H,12-13H2,1H3,(H,39,40). The number of hydrogen-bond donors (Lipinski definition) is 2. The number of halogens is 4. The largest absolute Gasteiger partial charge is 0.465 e. The normalized spacial score (nSPS) is 14.6. The summed E-state index contributed by atoms with van der Waals surface area (Å²) in [5.41, 5.74) is 3.25. The lowest BCUT2D eigenvalue weighted by atomic mass is 9.96. The van der Waals surface area contributed by atoms with E-state index in [1.807, 2.05) is 36.4 Å². The maximum atomic E-state index is 11.8. The Morgan fingerprint density at radius 2 is 1.59 bits per heavy atom. The molecule has 1 aliphatic carbocycles. The molecule has 5 aromatic rings. The molecule has 6 rings (SSSR count). The van der Waals surface area contributed by atoms with E-state index in [9.17, 15) is 9.90 Å². The zero-order valence-electron chi connectivity index (χ0n) is 21.4. The van der Waals surface area contributed by atoms with E-state index in [1.54, 1.807) is 41.9 Å². The maximum absolute atomic E-state index is 11.8. The minimum atomic E-state index is -1.20. The molecule has 0 spiro atoms. The van der Waals surface area contributed by atoms with Gasteiger partial charge >= 0.3 is 6.09 Å². The Bertz CT molecular complexity index is 1760. The summed E-state index contributed by atoms with van der Waals surface area (Å²) in [4.78, 5) is 11.8. The van der Waals surface area contributed by atoms with Gasteiger partial charge in [-0.15, -0.1) is 10.2 Å². The van der Waals surface area contributed by atoms with Gasteiger partial charge in [-0.05, 0) is 67.8 Å². The van der Waals surface area contributed by atoms with Crippen molar-refractivity contribution in [1.82, 2.24) is 25.3 Å². The maximum Gasteiger partial charge on any atom is 0.405 e. The Kier molecular flexibility index (Phi) is 7.20. The summed E-state index contributed by atoms with van der Waals surface area (Å²) in [6.45, 7) is 1.72. The van der Waals surface area contributed by atoms with E-state index >= 15 is 0 Å². The van der Waals surface area contributed by atoms with Crippen LogP contribution in [0.25, 0.3) is 28.5 Å². The van der Waals surface area contributed by atoms with E-state index in [-0.39, 0.29) is 5.89 Å². The van der Waals surface area contributed by atoms with E-state index in [0.717, 1.165) is 18.4 Å². The van der Waals surface area contributed by atoms with Crippen LogP contribution in [-0.2, 0) is 5.41 Å². The van der Waals surface area contributed by atoms with Crippen LogP contribution in [0.15, 0.2) is 71.1 Å². The first-order valence-corrected chi connectivity index (χ1v) is 14.1. The first kappa shape index (κ1) is 27.6. The van der Waals surface area contributed by atoms with Gasteiger partial charge in [0.25, 0.3) is 5.89 Å². The number of amides is 1. The highest BCUT2D eigenvalue weighted by Crippen LogP contribution is 2.53. The minimum absolute atomic E-state index is 0.147. The highest BCUT2D eigenvalue weighted by atomic mass is 35.5. The summed E-state index contributed by atoms with van der Waals surface area (Å²) in [7, 11) is 0. The second kappa shape index (κ2) is 10.7. The van der Waals surface area contributed by atoms with Gasteiger partial charge in [0, 0.05) is 26.2 Å². The predicted molar refractivity (Wildman–Crippen MR) is 158 cm³/mol. The average Bonchev–Trinajstić information content (AvgIpc) is 3.41. The predicted octanol–water partition coefficient (Wildman–Crippen LogP) is 8.61. The summed E-state index contributed by atoms with van der Waals surface area (Å²) in [6.07, 6.45) is 0.476. The van der Waals surface area contributed by atoms with Gasteiger partial charge in [-0.2, -0.15) is 5.10 Å². The van der Waals surface area contributed by atoms with Crippen LogP contribution in [0, 0.1) is 0 Å². The smallest absolute Gasteiger partial charge is 0.405 e. The second-order valence-corrected chi connectivity index (χ2v) is 11.5. The van der Waals surface area contributed by atoms with E-state index in [4.69, 9.17) is 55.9 Å². The zero-order valence-corrected chi connectivity index (χ0v) is 24.4. The Morgan fingerprint density at radius 1 is 0.951 bits per heavy atom. The number of nitrogens with one attached hydrogen (secondary N) is 1. The molecule has 1 unspecified atom stereocenters. The third-order valence-corrected chi connectivity index (χ3v) is 8.18. The summed E-state index contributed by atoms with van der Waals surface area (Å²) >= 11 is 25.1. The molecule has 0 radical (unpaired) electrons. The molecule has 1 aliphatic rings. The molecule has 12 heteroatoms. The van der Waals surface area contributed by atoms with Crippen molar-refractivity contribution in [3.8, 4) is 28.5 Å². The van der Waals surface area contributed by atoms with Crippen molar-refractivity contribution >= 4 is 52.5 Å². The molecule has 2 N–H and O–H groups in total. The Balaban J connectivity index is 1.56. The molecular weight excluding hydrogens is 608 g/mol. The van der Waals surface area contributed by atoms with Crippen LogP contribution < -0.4 is 5.32 Å². The van der Waals surface area contributed by atoms with Gasteiger partial charge in [0.1, 0.15) is 0 Å². The molecule has 1 saturated carbocycles. The lowest BCUT2D eigenvalue weighted by Crippen LogP contribution is -2.25. The third kappa shape index (κ3) is 5.17. The molecule has 0 bridgehead atoms. The van der Waals surface area contributed by atoms with Crippen molar-refractivity contribution in [2.75, 3.05) is 0 Å². The number of hydrogen-bond acceptors (Lipinski definition) is 5. The van der Waals surface area contributed by atoms with Gasteiger partial charge in [-0.1, -0.05) is 70.7 Å². The van der Waals surface area contributed by atoms with Crippen LogP contribution in [0.1, 0.15) is 42.8 Å². The number of nitrogens with zero attached hydrogens (tertiary/aromatic N) is 4. The lowest BCUT2D eigenvalue weighted by Gasteiger charge is -2.16. The molecule has 0 aliphatic heterocycles. The SMILES string of the molecule is CC(NC(=O)O)c1c(-c2nnc(C3(c4ccc(Cl)cc4)CC3)o2)nn(-c2ccc(Cl)cc2Cl)c1-c1ccc(Cl)cc1. The van der Waals surface area contributed by atoms with Crippen molar-refractivity contribution in [2.24, 2.45) is 0 Å². The van der Waals surface area contributed by atoms with Crippen LogP contribution in [-0.4, -0.2) is 31.2 Å². The fourth-order valence-electron chi connectivity index (χ4n) is 5.00. The molecule has 8 nitrogen and oxygen atoms in total. The molecule has 208 valence electrons. The molecule has 1 amide bonds. The molecule has 2 heterocycles. The van der Waals surface area contributed by atoms with Crippen LogP contribution in [0.4, 0.5) is 4.79 Å². The molecule has 41 heavy (non-hydrogen) atoms. The highest BCUT2D eigenvalue weighted by Gasteiger charge is 2.51. The van der Waals surface area contributed by atoms with Crippen LogP contribution >= 0.6 is 46.4 Å². The van der Waals surface area contributed by atoms with E-state index in [2.05, 4.69) is 15.5 Å². The molecule has 3 aromatic carbocycles. The number of rotatable bonds is 7. The van der Waals surface area contributed by atoms with Crippen LogP contribution in [0.3, 0.4) is 0 Å². The van der Waals surface area contributed by atoms with Crippen molar-refractivity contribution in [1.29, 1.82) is 0 Å². The van der Waals surface area contributed by atoms with E-state index in [1.165, 1.54) is 0 Å². The number of carbonyl (C=O) groups is 1. The fourth-order valence-corrected chi connectivity index (χ4v) is 5.74. The van der Waals surface area contributed by atoms with Gasteiger partial charge in [0.15, 0.2) is 5.69 Å². The summed E-state index contributed by atoms with van der Waals surface area (Å²) in [5.74, 6) is 0.597. The first-order chi connectivity index (χ1) is 19.7. The molecule has 1 atom stereocenters. The molecular formula is C29H21Cl4N5O3. The summed E-state index contributed by atoms with van der Waals surface area (Å²) in [6, 6.07) is 19.0. The number of benzene rings is 3. The summed E-state index contributed by atoms with van der Waals surface area (Å²) < 4.78 is 7.93. The van der Waals surface area contributed by atoms with Gasteiger partial charge < -0.3 is 14.8 Å². The van der Waals surface area contributed by atoms with Gasteiger partial charge in [-0.3, -0.25) is 0 Å². The molecule has 1 fully saturated rings. The van der Waals surface area contributed by atoms with Crippen molar-refractivity contribution in [3.05, 3.63) is 104 Å². The Labute approximate surface area is 254 Å². The zero-order chi connectivity index (χ0) is 28.9. The van der Waals surface area contributed by atoms with Crippen molar-refractivity contribution < 1.29 is 14.3 Å². The number of carboxylic acid groups (broad SMARTS) is 1. The lowest BCUT2D eigenvalue weighted by molar-refractivity contribution is 0.191. The van der Waals surface area contributed by atoms with Crippen LogP contribution in [0.2, 0.25) is 20.1 Å². The van der Waals surface area contributed by atoms with Crippen LogP contribution in [0.5, 0.6) is 0 Å². The fraction of sp³-hybridized carbons (Fsp3) is 0.172. The average molecular weight is 629 g/mol. The molecule has 2 aromatic heterocycles. The Morgan fingerprint density at radius 3 is 2.20 bits per heavy atom. The van der Waals surface area contributed by atoms with Gasteiger partial charge in [0.05, 0.1) is 27.9 Å². The van der Waals surface area contributed by atoms with E-state index < -0.39 is 17.6 Å². The van der Waals surface area contributed by atoms with Gasteiger partial charge in [-0.25, -0.2) is 9.48 Å². The van der Waals surface area contributed by atoms with E-state index in [0.29, 0.717) is 54.2 Å². The Hall–Kier alpha value is -3.56. The van der Waals surface area contributed by atoms with Crippen molar-refractivity contribution in [2.45, 2.75) is 31.2 Å². The summed E-state index contributed by atoms with van der Waals surface area (Å²) in [5, 5.41) is 27.8. The first-order valence-electron chi connectivity index (χ1n) is 12.6. The quantitative estimate of drug-likeness (QED) is 0.187. The number of aromatic nitrogens is 4. The minimum Gasteiger partial charge on any atom is -0.465 e. The monoisotopic (exact) mass is 627 g/mol. The topological polar surface area (TPSA) is 106 Å².